The Morgan fingerprint density at radius 2 is 1.18 bits per heavy atom. The Morgan fingerprint density at radius 3 is 1.80 bits per heavy atom. The lowest BCUT2D eigenvalue weighted by atomic mass is 10.00. The smallest absolute Gasteiger partial charge is 0.416 e. The van der Waals surface area contributed by atoms with Gasteiger partial charge in [-0.05, 0) is 150 Å². The number of para-hydroxylation sites is 1. The van der Waals surface area contributed by atoms with Crippen LogP contribution < -0.4 is 35.5 Å². The fourth-order valence-electron chi connectivity index (χ4n) is 12.6. The van der Waals surface area contributed by atoms with Gasteiger partial charge in [0.1, 0.15) is 45.9 Å². The van der Waals surface area contributed by atoms with Crippen LogP contribution in [0.2, 0.25) is 5.02 Å². The molecule has 19 rings (SSSR count). The number of nitrogens with one attached hydrogen (secondary N) is 7. The number of furan rings is 1. The number of ether oxygens (including phenoxy) is 3. The van der Waals surface area contributed by atoms with Gasteiger partial charge < -0.3 is 28.8 Å². The van der Waals surface area contributed by atoms with E-state index >= 15 is 0 Å². The van der Waals surface area contributed by atoms with Gasteiger partial charge in [-0.15, -0.1) is 31.7 Å². The Hall–Kier alpha value is -15.9. The van der Waals surface area contributed by atoms with Crippen LogP contribution in [0.3, 0.4) is 0 Å². The minimum atomic E-state index is -4.46. The van der Waals surface area contributed by atoms with Crippen LogP contribution in [0.25, 0.3) is 45.3 Å². The molecule has 5 aliphatic heterocycles. The van der Waals surface area contributed by atoms with Crippen molar-refractivity contribution in [3.63, 3.8) is 0 Å². The first-order valence-electron chi connectivity index (χ1n) is 38.1. The zero-order valence-electron chi connectivity index (χ0n) is 64.8. The third kappa shape index (κ3) is 22.2. The summed E-state index contributed by atoms with van der Waals surface area (Å²) < 4.78 is 60.4. The summed E-state index contributed by atoms with van der Waals surface area (Å²) in [5.74, 6) is 2.76. The second-order valence-electron chi connectivity index (χ2n) is 27.3. The Morgan fingerprint density at radius 1 is 0.573 bits per heavy atom. The zero-order valence-corrected chi connectivity index (χ0v) is 66.4. The fourth-order valence-corrected chi connectivity index (χ4v) is 13.5. The molecule has 0 spiro atoms. The summed E-state index contributed by atoms with van der Waals surface area (Å²) in [4.78, 5) is 113. The largest absolute Gasteiger partial charge is 0.493 e. The third-order valence-electron chi connectivity index (χ3n) is 18.5. The van der Waals surface area contributed by atoms with Gasteiger partial charge in [0.05, 0.1) is 65.7 Å². The number of carbonyl (C=O) groups is 6. The number of anilines is 3. The number of fused-ring (bicyclic) bond motifs is 2. The Balaban J connectivity index is 0.000000121. The second-order valence-corrected chi connectivity index (χ2v) is 28.6. The van der Waals surface area contributed by atoms with Crippen molar-refractivity contribution >= 4 is 99.1 Å². The molecule has 0 aliphatic carbocycles. The molecule has 10 aromatic heterocycles. The number of ketones is 1. The fraction of sp³-hybridized carbons (Fsp3) is 0.153. The van der Waals surface area contributed by atoms with E-state index in [1.807, 2.05) is 97.1 Å². The molecule has 0 saturated carbocycles. The van der Waals surface area contributed by atoms with Crippen molar-refractivity contribution in [2.24, 2.45) is 26.3 Å². The van der Waals surface area contributed by atoms with Gasteiger partial charge in [0.15, 0.2) is 46.7 Å². The summed E-state index contributed by atoms with van der Waals surface area (Å²) in [6, 6.07) is 55.8. The van der Waals surface area contributed by atoms with Crippen LogP contribution in [0, 0.1) is 5.92 Å². The van der Waals surface area contributed by atoms with E-state index < -0.39 is 35.6 Å². The predicted octanol–water partition coefficient (Wildman–Crippen LogP) is 12.8. The van der Waals surface area contributed by atoms with Crippen LogP contribution in [-0.4, -0.2) is 165 Å². The average molecular weight is 1710 g/mol. The number of halogens is 4. The molecular formula is C85H68ClF3N24O10S. The maximum Gasteiger partial charge on any atom is 0.416 e. The molecule has 5 amide bonds. The van der Waals surface area contributed by atoms with Gasteiger partial charge in [-0.2, -0.15) is 43.4 Å². The molecule has 622 valence electrons. The molecule has 124 heavy (non-hydrogen) atoms. The molecule has 39 heteroatoms. The number of alkyl halides is 3. The number of aromatic amines is 3. The van der Waals surface area contributed by atoms with Crippen LogP contribution in [-0.2, 0) is 44.7 Å². The molecule has 5 aliphatic rings. The van der Waals surface area contributed by atoms with E-state index in [1.165, 1.54) is 28.4 Å². The first kappa shape index (κ1) is 83.2. The van der Waals surface area contributed by atoms with Crippen molar-refractivity contribution in [3.8, 4) is 62.6 Å². The van der Waals surface area contributed by atoms with E-state index in [0.717, 1.165) is 64.0 Å². The number of amides is 5. The molecule has 4 aromatic carbocycles. The summed E-state index contributed by atoms with van der Waals surface area (Å²) >= 11 is 7.29. The van der Waals surface area contributed by atoms with Crippen LogP contribution >= 0.6 is 22.9 Å². The maximum absolute atomic E-state index is 12.9. The number of H-pyrrole nitrogens is 3. The maximum atomic E-state index is 12.9. The number of hydrogen-bond donors (Lipinski definition) is 7. The van der Waals surface area contributed by atoms with Crippen molar-refractivity contribution in [1.82, 2.24) is 85.7 Å². The lowest BCUT2D eigenvalue weighted by Gasteiger charge is -2.17. The highest BCUT2D eigenvalue weighted by Gasteiger charge is 2.37. The standard InChI is InChI=1S/C20H17F3N6O2.C18H15N3O2.C17H13ClN4O2.C15H10N6O2S.C15H13N5O2/c21-20(22,23)14-5-3-4-12(8-14)10-29-11-13(9-16(29)30)18(31)26-19-25-17(27-28-19)15-6-1-2-7-24-15;22-17(12-4-5-18-13(9-12)6-8-23-18)11-14-10-16(21-20-14)15-3-1-2-7-19-15;18-11-4-5-14-10(7-11)8-15(24-14)17(23)20-16-9-13(21-22-16)12-3-1-2-6-19-12;22-13(10-8-24-14(17-10)11-5-3-7-23-11)19-15-18-12(20-21-15)9-4-1-2-6-16-9;21-13(10-22-11-6-2-1-3-7-11)17-15-18-14(19-20-15)12-8-4-5-9-16-12/h1-8,13H,9-11H2,(H2,25,26,27,28,31);1-5,7,9H,6,8,10-11H2;1-7,15H,8-9H2,(H,20,22,23);1-8H,(H2,18,19,20,21,22);1-9H,10H2,(H2,17,18,19,20,21). The van der Waals surface area contributed by atoms with Crippen LogP contribution in [0.1, 0.15) is 80.2 Å². The number of amidine groups is 1. The highest BCUT2D eigenvalue weighted by atomic mass is 35.5. The first-order valence-corrected chi connectivity index (χ1v) is 39.3. The van der Waals surface area contributed by atoms with E-state index in [-0.39, 0.29) is 73.2 Å². The number of likely N-dealkylation sites (tertiary alicyclic amines) is 1. The molecule has 1 saturated heterocycles. The zero-order chi connectivity index (χ0) is 85.7. The molecule has 15 heterocycles. The highest BCUT2D eigenvalue weighted by molar-refractivity contribution is 7.13. The molecule has 1 fully saturated rings. The normalized spacial score (nSPS) is 14.5. The second kappa shape index (κ2) is 39.3. The molecule has 34 nitrogen and oxygen atoms in total. The number of nitrogens with zero attached hydrogens (tertiary/aromatic N) is 17. The van der Waals surface area contributed by atoms with Gasteiger partial charge in [-0.3, -0.25) is 84.9 Å². The monoisotopic (exact) mass is 1710 g/mol. The van der Waals surface area contributed by atoms with E-state index in [4.69, 9.17) is 30.2 Å². The summed E-state index contributed by atoms with van der Waals surface area (Å²) in [6.07, 6.45) is 7.48. The van der Waals surface area contributed by atoms with Crippen molar-refractivity contribution in [2.45, 2.75) is 57.3 Å². The number of thiazole rings is 1. The summed E-state index contributed by atoms with van der Waals surface area (Å²) in [5, 5.41) is 49.8. The number of benzene rings is 4. The van der Waals surface area contributed by atoms with Gasteiger partial charge in [0.25, 0.3) is 17.7 Å². The Bertz CT molecular complexity index is 6250. The number of pyridine rings is 5. The molecule has 0 bridgehead atoms. The van der Waals surface area contributed by atoms with Gasteiger partial charge in [-0.25, -0.2) is 4.98 Å². The van der Waals surface area contributed by atoms with Gasteiger partial charge in [0.2, 0.25) is 29.7 Å². The van der Waals surface area contributed by atoms with Crippen LogP contribution in [0.5, 0.6) is 17.2 Å². The van der Waals surface area contributed by atoms with E-state index in [9.17, 15) is 41.9 Å². The molecule has 0 radical (unpaired) electrons. The summed E-state index contributed by atoms with van der Waals surface area (Å²) in [5.41, 5.74) is 8.33. The molecular weight excluding hydrogens is 1640 g/mol. The Kier molecular flexibility index (Phi) is 26.4. The number of rotatable bonds is 20. The SMILES string of the molecule is O=C(CC1=NN=C(c2ccccn2)C1)c1ccc2c(c1)CCO2.O=C(COc1ccccc1)Nc1n[nH]c(-c2ccccn2)n1.O=C(NC1=NN=C(c2ccccn2)C1)C1Cc2cc(Cl)ccc2O1.O=C(Nc1n[nH]c(-c2ccccn2)n1)C1CC(=O)N(Cc2cccc(C(F)(F)F)c2)C1.O=C(Nc1n[nH]c(-c2ccccn2)n1)c1csc(-c2ccco2)n1. The third-order valence-corrected chi connectivity index (χ3v) is 19.6. The number of carbonyl (C=O) groups excluding carboxylic acids is 6. The average Bonchev–Trinajstić information content (AvgIpc) is 1.58. The first-order chi connectivity index (χ1) is 60.4. The topological polar surface area (TPSA) is 446 Å². The van der Waals surface area contributed by atoms with Crippen molar-refractivity contribution < 1.29 is 60.6 Å². The minimum absolute atomic E-state index is 0.00296. The van der Waals surface area contributed by atoms with E-state index in [1.54, 1.807) is 115 Å². The van der Waals surface area contributed by atoms with Crippen LogP contribution in [0.4, 0.5) is 31.0 Å². The van der Waals surface area contributed by atoms with E-state index in [2.05, 4.69) is 117 Å². The van der Waals surface area contributed by atoms with Crippen molar-refractivity contribution in [2.75, 3.05) is 35.7 Å². The number of hydrogen-bond acceptors (Lipinski definition) is 27. The quantitative estimate of drug-likeness (QED) is 0.0348. The molecule has 7 N–H and O–H groups in total. The summed E-state index contributed by atoms with van der Waals surface area (Å²) in [6.45, 7) is 0.674. The lowest BCUT2D eigenvalue weighted by molar-refractivity contribution is -0.137. The number of aromatic nitrogens is 15. The minimum Gasteiger partial charge on any atom is -0.493 e. The Labute approximate surface area is 710 Å². The lowest BCUT2D eigenvalue weighted by Crippen LogP contribution is -2.40. The van der Waals surface area contributed by atoms with Gasteiger partial charge in [-0.1, -0.05) is 72.3 Å². The van der Waals surface area contributed by atoms with Crippen molar-refractivity contribution in [3.05, 3.63) is 287 Å². The molecule has 2 unspecified atom stereocenters. The molecule has 14 aromatic rings. The predicted molar refractivity (Wildman–Crippen MR) is 449 cm³/mol. The van der Waals surface area contributed by atoms with Gasteiger partial charge in [0, 0.05) is 85.7 Å². The van der Waals surface area contributed by atoms with Crippen molar-refractivity contribution in [1.29, 1.82) is 0 Å². The molecule has 2 atom stereocenters. The summed E-state index contributed by atoms with van der Waals surface area (Å²) in [7, 11) is 0. The number of Topliss-reactive ketones (excluding diaryl/α,β-unsaturated/α-hetero) is 1. The highest BCUT2D eigenvalue weighted by Crippen LogP contribution is 2.34. The van der Waals surface area contributed by atoms with Gasteiger partial charge >= 0.3 is 6.18 Å². The van der Waals surface area contributed by atoms with E-state index in [0.29, 0.717) is 111 Å². The van der Waals surface area contributed by atoms with Crippen LogP contribution in [0.15, 0.2) is 262 Å².